The zero-order chi connectivity index (χ0) is 10.3. The summed E-state index contributed by atoms with van der Waals surface area (Å²) >= 11 is 0. The molecule has 3 rings (SSSR count). The molecule has 1 aliphatic heterocycles. The predicted octanol–water partition coefficient (Wildman–Crippen LogP) is 2.73. The fourth-order valence-corrected chi connectivity index (χ4v) is 3.24. The number of nitrogens with zero attached hydrogens (tertiary/aromatic N) is 1. The number of rotatable bonds is 2. The molecular formula is C14H18N. The maximum Gasteiger partial charge on any atom is 0.0236 e. The lowest BCUT2D eigenvalue weighted by molar-refractivity contribution is 0.201. The Balaban J connectivity index is 1.71. The zero-order valence-electron chi connectivity index (χ0n) is 9.10. The summed E-state index contributed by atoms with van der Waals surface area (Å²) in [6.45, 7) is 6.70. The Bertz CT molecular complexity index is 332. The van der Waals surface area contributed by atoms with Crippen LogP contribution in [0.3, 0.4) is 0 Å². The maximum absolute atomic E-state index is 4.31. The molecule has 0 amide bonds. The van der Waals surface area contributed by atoms with Crippen molar-refractivity contribution in [2.75, 3.05) is 6.54 Å². The van der Waals surface area contributed by atoms with E-state index >= 15 is 0 Å². The van der Waals surface area contributed by atoms with E-state index < -0.39 is 0 Å². The molecule has 1 radical (unpaired) electrons. The van der Waals surface area contributed by atoms with Crippen LogP contribution >= 0.6 is 0 Å². The molecule has 1 aromatic carbocycles. The molecule has 0 aromatic heterocycles. The largest absolute Gasteiger partial charge is 0.296 e. The fourth-order valence-electron chi connectivity index (χ4n) is 3.24. The van der Waals surface area contributed by atoms with Crippen molar-refractivity contribution in [1.29, 1.82) is 0 Å². The van der Waals surface area contributed by atoms with Gasteiger partial charge in [-0.15, -0.1) is 0 Å². The van der Waals surface area contributed by atoms with Crippen LogP contribution in [0.5, 0.6) is 0 Å². The molecule has 2 aliphatic rings. The lowest BCUT2D eigenvalue weighted by Gasteiger charge is -2.27. The molecule has 15 heavy (non-hydrogen) atoms. The molecule has 2 fully saturated rings. The topological polar surface area (TPSA) is 3.24 Å². The third kappa shape index (κ3) is 1.59. The Morgan fingerprint density at radius 2 is 2.00 bits per heavy atom. The second-order valence-electron chi connectivity index (χ2n) is 4.98. The van der Waals surface area contributed by atoms with Crippen LogP contribution in [-0.2, 0) is 6.54 Å². The molecule has 0 spiro atoms. The van der Waals surface area contributed by atoms with Gasteiger partial charge in [-0.3, -0.25) is 4.90 Å². The lowest BCUT2D eigenvalue weighted by atomic mass is 10.0. The van der Waals surface area contributed by atoms with Crippen LogP contribution in [-0.4, -0.2) is 17.5 Å². The first kappa shape index (κ1) is 9.41. The Morgan fingerprint density at radius 1 is 1.20 bits per heavy atom. The smallest absolute Gasteiger partial charge is 0.0236 e. The van der Waals surface area contributed by atoms with E-state index in [2.05, 4.69) is 42.2 Å². The minimum Gasteiger partial charge on any atom is -0.296 e. The first-order valence-corrected chi connectivity index (χ1v) is 5.95. The van der Waals surface area contributed by atoms with Crippen LogP contribution in [0, 0.1) is 18.8 Å². The van der Waals surface area contributed by atoms with Gasteiger partial charge in [0.25, 0.3) is 0 Å². The van der Waals surface area contributed by atoms with Gasteiger partial charge in [0.2, 0.25) is 0 Å². The molecule has 1 aliphatic carbocycles. The number of hydrogen-bond donors (Lipinski definition) is 0. The summed E-state index contributed by atoms with van der Waals surface area (Å²) in [5.74, 6) is 1.56. The average Bonchev–Trinajstić information content (AvgIpc) is 2.75. The first-order valence-electron chi connectivity index (χ1n) is 5.95. The highest BCUT2D eigenvalue weighted by atomic mass is 15.2. The molecule has 2 bridgehead atoms. The van der Waals surface area contributed by atoms with Crippen molar-refractivity contribution >= 4 is 0 Å². The SMILES string of the molecule is [CH2]C1C2CCC1N(Cc1ccccc1)C2. The van der Waals surface area contributed by atoms with Crippen LogP contribution in [0.4, 0.5) is 0 Å². The summed E-state index contributed by atoms with van der Waals surface area (Å²) in [6, 6.07) is 11.6. The molecule has 3 atom stereocenters. The molecule has 1 nitrogen and oxygen atoms in total. The van der Waals surface area contributed by atoms with Crippen molar-refractivity contribution in [3.8, 4) is 0 Å². The summed E-state index contributed by atoms with van der Waals surface area (Å²) < 4.78 is 0. The minimum atomic E-state index is 0.689. The summed E-state index contributed by atoms with van der Waals surface area (Å²) in [7, 11) is 0. The summed E-state index contributed by atoms with van der Waals surface area (Å²) in [4.78, 5) is 2.63. The van der Waals surface area contributed by atoms with Crippen LogP contribution in [0.15, 0.2) is 30.3 Å². The quantitative estimate of drug-likeness (QED) is 0.709. The molecule has 1 saturated carbocycles. The fraction of sp³-hybridized carbons (Fsp3) is 0.500. The van der Waals surface area contributed by atoms with E-state index in [1.165, 1.54) is 24.9 Å². The second kappa shape index (κ2) is 3.64. The van der Waals surface area contributed by atoms with Gasteiger partial charge in [-0.1, -0.05) is 30.3 Å². The van der Waals surface area contributed by atoms with E-state index in [9.17, 15) is 0 Å². The van der Waals surface area contributed by atoms with E-state index in [1.54, 1.807) is 0 Å². The van der Waals surface area contributed by atoms with Gasteiger partial charge in [0.15, 0.2) is 0 Å². The Kier molecular flexibility index (Phi) is 2.28. The summed E-state index contributed by atoms with van der Waals surface area (Å²) in [6.07, 6.45) is 2.77. The maximum atomic E-state index is 4.31. The molecule has 1 heteroatoms. The summed E-state index contributed by atoms with van der Waals surface area (Å²) in [5.41, 5.74) is 1.44. The Morgan fingerprint density at radius 3 is 2.60 bits per heavy atom. The second-order valence-corrected chi connectivity index (χ2v) is 4.98. The minimum absolute atomic E-state index is 0.689. The van der Waals surface area contributed by atoms with Gasteiger partial charge in [0.05, 0.1) is 0 Å². The van der Waals surface area contributed by atoms with Gasteiger partial charge >= 0.3 is 0 Å². The van der Waals surface area contributed by atoms with Gasteiger partial charge in [-0.2, -0.15) is 0 Å². The van der Waals surface area contributed by atoms with Crippen molar-refractivity contribution in [2.24, 2.45) is 11.8 Å². The predicted molar refractivity (Wildman–Crippen MR) is 62.2 cm³/mol. The van der Waals surface area contributed by atoms with Crippen molar-refractivity contribution in [3.63, 3.8) is 0 Å². The third-order valence-electron chi connectivity index (χ3n) is 4.10. The van der Waals surface area contributed by atoms with Crippen LogP contribution in [0.25, 0.3) is 0 Å². The van der Waals surface area contributed by atoms with E-state index in [-0.39, 0.29) is 0 Å². The Hall–Kier alpha value is -0.820. The van der Waals surface area contributed by atoms with Crippen molar-refractivity contribution in [2.45, 2.75) is 25.4 Å². The highest BCUT2D eigenvalue weighted by Gasteiger charge is 2.43. The number of piperidine rings is 1. The van der Waals surface area contributed by atoms with E-state index in [4.69, 9.17) is 0 Å². The van der Waals surface area contributed by atoms with Crippen LogP contribution in [0.1, 0.15) is 18.4 Å². The van der Waals surface area contributed by atoms with E-state index in [0.717, 1.165) is 18.5 Å². The van der Waals surface area contributed by atoms with E-state index in [0.29, 0.717) is 5.92 Å². The van der Waals surface area contributed by atoms with Crippen molar-refractivity contribution < 1.29 is 0 Å². The normalized spacial score (nSPS) is 34.9. The van der Waals surface area contributed by atoms with E-state index in [1.807, 2.05) is 0 Å². The van der Waals surface area contributed by atoms with Gasteiger partial charge < -0.3 is 0 Å². The molecule has 3 unspecified atom stereocenters. The van der Waals surface area contributed by atoms with Gasteiger partial charge in [-0.25, -0.2) is 0 Å². The van der Waals surface area contributed by atoms with Crippen LogP contribution in [0.2, 0.25) is 0 Å². The van der Waals surface area contributed by atoms with Crippen molar-refractivity contribution in [1.82, 2.24) is 4.90 Å². The Labute approximate surface area is 92.1 Å². The summed E-state index contributed by atoms with van der Waals surface area (Å²) in [5, 5.41) is 0. The zero-order valence-corrected chi connectivity index (χ0v) is 9.10. The highest BCUT2D eigenvalue weighted by molar-refractivity contribution is 5.15. The van der Waals surface area contributed by atoms with Crippen LogP contribution < -0.4 is 0 Å². The van der Waals surface area contributed by atoms with Crippen molar-refractivity contribution in [3.05, 3.63) is 42.8 Å². The highest BCUT2D eigenvalue weighted by Crippen LogP contribution is 2.42. The lowest BCUT2D eigenvalue weighted by Crippen LogP contribution is -2.32. The molecular weight excluding hydrogens is 182 g/mol. The number of benzene rings is 1. The molecule has 1 heterocycles. The molecule has 1 saturated heterocycles. The first-order chi connectivity index (χ1) is 7.34. The molecule has 1 aromatic rings. The molecule has 79 valence electrons. The number of likely N-dealkylation sites (tertiary alicyclic amines) is 1. The van der Waals surface area contributed by atoms with Gasteiger partial charge in [-0.05, 0) is 37.2 Å². The average molecular weight is 200 g/mol. The van der Waals surface area contributed by atoms with Gasteiger partial charge in [0.1, 0.15) is 0 Å². The number of hydrogen-bond acceptors (Lipinski definition) is 1. The standard InChI is InChI=1S/C14H18N/c1-11-13-7-8-14(11)15(10-13)9-12-5-3-2-4-6-12/h2-6,11,13-14H,1,7-10H2. The monoisotopic (exact) mass is 200 g/mol. The van der Waals surface area contributed by atoms with Gasteiger partial charge in [0, 0.05) is 19.1 Å². The number of fused-ring (bicyclic) bond motifs is 2. The molecule has 0 N–H and O–H groups in total. The third-order valence-corrected chi connectivity index (χ3v) is 4.10.